The highest BCUT2D eigenvalue weighted by Crippen LogP contribution is 2.24. The summed E-state index contributed by atoms with van der Waals surface area (Å²) in [5.41, 5.74) is -0.362. The molecule has 1 aromatic carbocycles. The number of para-hydroxylation sites is 1. The van der Waals surface area contributed by atoms with Crippen molar-refractivity contribution < 1.29 is 27.7 Å². The van der Waals surface area contributed by atoms with E-state index in [9.17, 15) is 32.9 Å². The zero-order chi connectivity index (χ0) is 18.1. The highest BCUT2D eigenvalue weighted by Gasteiger charge is 2.40. The third-order valence-corrected chi connectivity index (χ3v) is 3.64. The van der Waals surface area contributed by atoms with Crippen molar-refractivity contribution >= 4 is 17.5 Å². The molecule has 0 bridgehead atoms. The Kier molecular flexibility index (Phi) is 4.76. The fraction of sp³-hybridized carbons (Fsp3) is 0.429. The molecule has 0 aromatic heterocycles. The van der Waals surface area contributed by atoms with E-state index in [1.54, 1.807) is 0 Å². The molecule has 2 amide bonds. The van der Waals surface area contributed by atoms with Gasteiger partial charge in [0.25, 0.3) is 11.6 Å². The van der Waals surface area contributed by atoms with Crippen LogP contribution < -0.4 is 5.32 Å². The van der Waals surface area contributed by atoms with Crippen molar-refractivity contribution in [1.82, 2.24) is 10.2 Å². The van der Waals surface area contributed by atoms with Gasteiger partial charge >= 0.3 is 6.18 Å². The lowest BCUT2D eigenvalue weighted by Gasteiger charge is -2.18. The number of amides is 2. The molecule has 0 spiro atoms. The van der Waals surface area contributed by atoms with Gasteiger partial charge in [-0.3, -0.25) is 19.7 Å². The second-order valence-electron chi connectivity index (χ2n) is 5.42. The molecule has 1 aliphatic heterocycles. The van der Waals surface area contributed by atoms with E-state index < -0.39 is 41.2 Å². The summed E-state index contributed by atoms with van der Waals surface area (Å²) < 4.78 is 37.1. The number of nitrogens with one attached hydrogen (secondary N) is 1. The summed E-state index contributed by atoms with van der Waals surface area (Å²) in [6, 6.07) is 3.01. The first-order chi connectivity index (χ1) is 11.1. The summed E-state index contributed by atoms with van der Waals surface area (Å²) in [6.45, 7) is -0.0668. The molecule has 0 aliphatic carbocycles. The number of nitro benzene ring substituents is 1. The van der Waals surface area contributed by atoms with E-state index in [0.717, 1.165) is 0 Å². The molecule has 1 saturated heterocycles. The fourth-order valence-corrected chi connectivity index (χ4v) is 2.57. The van der Waals surface area contributed by atoms with E-state index in [0.29, 0.717) is 4.90 Å². The number of halogens is 3. The lowest BCUT2D eigenvalue weighted by Crippen LogP contribution is -2.43. The molecule has 130 valence electrons. The number of hydrogen-bond donors (Lipinski definition) is 1. The number of aryl methyl sites for hydroxylation is 1. The Bertz CT molecular complexity index is 690. The maximum absolute atomic E-state index is 12.4. The van der Waals surface area contributed by atoms with Gasteiger partial charge in [0.05, 0.1) is 4.92 Å². The van der Waals surface area contributed by atoms with Crippen LogP contribution in [0.4, 0.5) is 18.9 Å². The van der Waals surface area contributed by atoms with Gasteiger partial charge < -0.3 is 10.2 Å². The van der Waals surface area contributed by atoms with Crippen LogP contribution >= 0.6 is 0 Å². The molecule has 0 radical (unpaired) electrons. The van der Waals surface area contributed by atoms with Crippen LogP contribution in [0.25, 0.3) is 0 Å². The minimum absolute atomic E-state index is 0.0142. The van der Waals surface area contributed by atoms with E-state index in [2.05, 4.69) is 5.32 Å². The molecular formula is C14H14F3N3O4. The molecule has 2 rings (SSSR count). The van der Waals surface area contributed by atoms with Crippen molar-refractivity contribution in [3.63, 3.8) is 0 Å². The third-order valence-electron chi connectivity index (χ3n) is 3.64. The number of alkyl halides is 3. The smallest absolute Gasteiger partial charge is 0.340 e. The Balaban J connectivity index is 2.13. The zero-order valence-corrected chi connectivity index (χ0v) is 12.6. The third kappa shape index (κ3) is 3.81. The van der Waals surface area contributed by atoms with Gasteiger partial charge in [-0.25, -0.2) is 0 Å². The van der Waals surface area contributed by atoms with Crippen LogP contribution in [-0.4, -0.2) is 46.9 Å². The van der Waals surface area contributed by atoms with Gasteiger partial charge in [-0.2, -0.15) is 13.2 Å². The summed E-state index contributed by atoms with van der Waals surface area (Å²) in [7, 11) is 0. The molecule has 1 heterocycles. The molecule has 10 heteroatoms. The summed E-state index contributed by atoms with van der Waals surface area (Å²) in [4.78, 5) is 35.1. The number of hydrogen-bond acceptors (Lipinski definition) is 4. The van der Waals surface area contributed by atoms with Crippen LogP contribution in [0.2, 0.25) is 0 Å². The fourth-order valence-electron chi connectivity index (χ4n) is 2.57. The SMILES string of the molecule is Cc1cccc(C(=O)NC2CCN(CC(F)(F)F)C2=O)c1[N+](=O)[O-]. The van der Waals surface area contributed by atoms with Crippen LogP contribution in [-0.2, 0) is 4.79 Å². The lowest BCUT2D eigenvalue weighted by atomic mass is 10.1. The largest absolute Gasteiger partial charge is 0.406 e. The molecule has 1 aromatic rings. The van der Waals surface area contributed by atoms with E-state index in [4.69, 9.17) is 0 Å². The van der Waals surface area contributed by atoms with E-state index in [1.807, 2.05) is 0 Å². The molecule has 1 unspecified atom stereocenters. The average molecular weight is 345 g/mol. The highest BCUT2D eigenvalue weighted by atomic mass is 19.4. The van der Waals surface area contributed by atoms with Crippen LogP contribution in [0.1, 0.15) is 22.3 Å². The minimum atomic E-state index is -4.52. The lowest BCUT2D eigenvalue weighted by molar-refractivity contribution is -0.385. The topological polar surface area (TPSA) is 92.6 Å². The second kappa shape index (κ2) is 6.46. The van der Waals surface area contributed by atoms with Gasteiger partial charge in [-0.1, -0.05) is 12.1 Å². The molecule has 24 heavy (non-hydrogen) atoms. The van der Waals surface area contributed by atoms with Gasteiger partial charge in [0.2, 0.25) is 5.91 Å². The Morgan fingerprint density at radius 1 is 1.46 bits per heavy atom. The molecule has 1 N–H and O–H groups in total. The van der Waals surface area contributed by atoms with Crippen LogP contribution in [0.15, 0.2) is 18.2 Å². The van der Waals surface area contributed by atoms with Gasteiger partial charge in [0.15, 0.2) is 0 Å². The highest BCUT2D eigenvalue weighted by molar-refractivity contribution is 6.01. The van der Waals surface area contributed by atoms with Crippen LogP contribution in [0.3, 0.4) is 0 Å². The predicted molar refractivity (Wildman–Crippen MR) is 76.3 cm³/mol. The number of carbonyl (C=O) groups excluding carboxylic acids is 2. The maximum Gasteiger partial charge on any atom is 0.406 e. The van der Waals surface area contributed by atoms with Gasteiger partial charge in [-0.05, 0) is 19.4 Å². The van der Waals surface area contributed by atoms with Gasteiger partial charge in [-0.15, -0.1) is 0 Å². The van der Waals surface area contributed by atoms with Crippen molar-refractivity contribution in [3.05, 3.63) is 39.4 Å². The van der Waals surface area contributed by atoms with Crippen LogP contribution in [0, 0.1) is 17.0 Å². The quantitative estimate of drug-likeness (QED) is 0.665. The van der Waals surface area contributed by atoms with Crippen molar-refractivity contribution in [3.8, 4) is 0 Å². The van der Waals surface area contributed by atoms with Crippen molar-refractivity contribution in [2.75, 3.05) is 13.1 Å². The average Bonchev–Trinajstić information content (AvgIpc) is 2.77. The van der Waals surface area contributed by atoms with Gasteiger partial charge in [0.1, 0.15) is 18.2 Å². The second-order valence-corrected chi connectivity index (χ2v) is 5.42. The summed E-state index contributed by atoms with van der Waals surface area (Å²) >= 11 is 0. The number of carbonyl (C=O) groups is 2. The molecule has 1 atom stereocenters. The molecule has 7 nitrogen and oxygen atoms in total. The Morgan fingerprint density at radius 3 is 2.71 bits per heavy atom. The Hall–Kier alpha value is -2.65. The number of benzene rings is 1. The van der Waals surface area contributed by atoms with Crippen molar-refractivity contribution in [2.24, 2.45) is 0 Å². The monoisotopic (exact) mass is 345 g/mol. The Morgan fingerprint density at radius 2 is 2.12 bits per heavy atom. The normalized spacial score (nSPS) is 17.9. The molecular weight excluding hydrogens is 331 g/mol. The van der Waals surface area contributed by atoms with E-state index in [1.165, 1.54) is 25.1 Å². The first kappa shape index (κ1) is 17.7. The maximum atomic E-state index is 12.4. The first-order valence-electron chi connectivity index (χ1n) is 7.00. The number of likely N-dealkylation sites (tertiary alicyclic amines) is 1. The zero-order valence-electron chi connectivity index (χ0n) is 12.6. The van der Waals surface area contributed by atoms with Crippen LogP contribution in [0.5, 0.6) is 0 Å². The van der Waals surface area contributed by atoms with E-state index in [-0.39, 0.29) is 24.1 Å². The summed E-state index contributed by atoms with van der Waals surface area (Å²) in [6.07, 6.45) is -4.51. The van der Waals surface area contributed by atoms with Crippen molar-refractivity contribution in [2.45, 2.75) is 25.6 Å². The number of nitrogens with zero attached hydrogens (tertiary/aromatic N) is 2. The summed E-state index contributed by atoms with van der Waals surface area (Å²) in [5, 5.41) is 13.4. The number of nitro groups is 1. The predicted octanol–water partition coefficient (Wildman–Crippen LogP) is 1.80. The first-order valence-corrected chi connectivity index (χ1v) is 7.00. The van der Waals surface area contributed by atoms with Gasteiger partial charge in [0, 0.05) is 12.1 Å². The van der Waals surface area contributed by atoms with Crippen molar-refractivity contribution in [1.29, 1.82) is 0 Å². The number of rotatable bonds is 4. The molecule has 0 saturated carbocycles. The summed E-state index contributed by atoms with van der Waals surface area (Å²) in [5.74, 6) is -1.71. The van der Waals surface area contributed by atoms with E-state index >= 15 is 0 Å². The standard InChI is InChI=1S/C14H14F3N3O4/c1-8-3-2-4-9(11(8)20(23)24)12(21)18-10-5-6-19(13(10)22)7-14(15,16)17/h2-4,10H,5-7H2,1H3,(H,18,21). The molecule has 1 fully saturated rings. The molecule has 1 aliphatic rings. The minimum Gasteiger partial charge on any atom is -0.340 e. The Labute approximate surface area is 134 Å².